The Hall–Kier alpha value is -1.57. The van der Waals surface area contributed by atoms with E-state index < -0.39 is 23.3 Å². The van der Waals surface area contributed by atoms with Crippen molar-refractivity contribution in [2.45, 2.75) is 33.7 Å². The lowest BCUT2D eigenvalue weighted by Crippen LogP contribution is -2.49. The maximum Gasteiger partial charge on any atom is 0.330 e. The van der Waals surface area contributed by atoms with Crippen molar-refractivity contribution in [2.24, 2.45) is 5.41 Å². The fraction of sp³-hybridized carbons (Fsp3) is 0.700. The van der Waals surface area contributed by atoms with E-state index in [-0.39, 0.29) is 0 Å². The SMILES string of the molecule is COC(=O)C(N(C#N)C(C)=O)C(C)(C)C. The number of carbonyl (C=O) groups is 2. The molecule has 0 bridgehead atoms. The monoisotopic (exact) mass is 212 g/mol. The number of esters is 1. The van der Waals surface area contributed by atoms with E-state index in [0.717, 1.165) is 4.90 Å². The van der Waals surface area contributed by atoms with Crippen molar-refractivity contribution in [3.8, 4) is 6.19 Å². The molecule has 5 nitrogen and oxygen atoms in total. The summed E-state index contributed by atoms with van der Waals surface area (Å²) in [6.45, 7) is 6.54. The van der Waals surface area contributed by atoms with Gasteiger partial charge < -0.3 is 4.74 Å². The molecule has 1 amide bonds. The minimum absolute atomic E-state index is 0.470. The zero-order valence-corrected chi connectivity index (χ0v) is 9.70. The first-order valence-corrected chi connectivity index (χ1v) is 4.53. The van der Waals surface area contributed by atoms with E-state index in [9.17, 15) is 9.59 Å². The van der Waals surface area contributed by atoms with Crippen LogP contribution in [0.1, 0.15) is 27.7 Å². The van der Waals surface area contributed by atoms with Crippen LogP contribution < -0.4 is 0 Å². The standard InChI is InChI=1S/C10H16N2O3/c1-7(13)12(6-11)8(9(14)15-5)10(2,3)4/h8H,1-5H3. The summed E-state index contributed by atoms with van der Waals surface area (Å²) in [6, 6.07) is -0.884. The van der Waals surface area contributed by atoms with Crippen molar-refractivity contribution in [3.63, 3.8) is 0 Å². The lowest BCUT2D eigenvalue weighted by Gasteiger charge is -2.32. The van der Waals surface area contributed by atoms with Crippen LogP contribution >= 0.6 is 0 Å². The van der Waals surface area contributed by atoms with Gasteiger partial charge in [0.2, 0.25) is 5.91 Å². The molecule has 0 aliphatic carbocycles. The topological polar surface area (TPSA) is 70.4 Å². The van der Waals surface area contributed by atoms with Gasteiger partial charge in [0.15, 0.2) is 6.19 Å². The molecule has 0 saturated carbocycles. The van der Waals surface area contributed by atoms with Gasteiger partial charge in [-0.25, -0.2) is 9.69 Å². The first-order valence-electron chi connectivity index (χ1n) is 4.53. The summed E-state index contributed by atoms with van der Waals surface area (Å²) in [5.74, 6) is -1.05. The van der Waals surface area contributed by atoms with E-state index >= 15 is 0 Å². The summed E-state index contributed by atoms with van der Waals surface area (Å²) in [5, 5.41) is 8.82. The summed E-state index contributed by atoms with van der Waals surface area (Å²) >= 11 is 0. The number of hydrogen-bond acceptors (Lipinski definition) is 4. The van der Waals surface area contributed by atoms with Gasteiger partial charge in [0.25, 0.3) is 0 Å². The maximum absolute atomic E-state index is 11.5. The van der Waals surface area contributed by atoms with Gasteiger partial charge in [-0.3, -0.25) is 4.79 Å². The Labute approximate surface area is 89.6 Å². The van der Waals surface area contributed by atoms with E-state index in [2.05, 4.69) is 4.74 Å². The predicted octanol–water partition coefficient (Wildman–Crippen LogP) is 0.904. The average Bonchev–Trinajstić information content (AvgIpc) is 2.10. The zero-order valence-electron chi connectivity index (χ0n) is 9.70. The second-order valence-electron chi connectivity index (χ2n) is 4.28. The van der Waals surface area contributed by atoms with Gasteiger partial charge in [0.05, 0.1) is 7.11 Å². The van der Waals surface area contributed by atoms with Crippen LogP contribution in [0, 0.1) is 16.9 Å². The molecule has 0 fully saturated rings. The number of hydrogen-bond donors (Lipinski definition) is 0. The molecule has 0 rings (SSSR count). The molecule has 15 heavy (non-hydrogen) atoms. The van der Waals surface area contributed by atoms with E-state index in [1.54, 1.807) is 27.0 Å². The van der Waals surface area contributed by atoms with Gasteiger partial charge >= 0.3 is 5.97 Å². The second-order valence-corrected chi connectivity index (χ2v) is 4.28. The molecule has 5 heteroatoms. The van der Waals surface area contributed by atoms with Gasteiger partial charge in [0.1, 0.15) is 6.04 Å². The molecular weight excluding hydrogens is 196 g/mol. The van der Waals surface area contributed by atoms with Crippen molar-refractivity contribution >= 4 is 11.9 Å². The molecule has 0 heterocycles. The second kappa shape index (κ2) is 4.78. The van der Waals surface area contributed by atoms with Crippen LogP contribution in [0.15, 0.2) is 0 Å². The Balaban J connectivity index is 5.20. The number of nitriles is 1. The van der Waals surface area contributed by atoms with Crippen molar-refractivity contribution in [3.05, 3.63) is 0 Å². The van der Waals surface area contributed by atoms with Gasteiger partial charge in [-0.05, 0) is 5.41 Å². The van der Waals surface area contributed by atoms with Crippen LogP contribution in [0.25, 0.3) is 0 Å². The van der Waals surface area contributed by atoms with Crippen LogP contribution in [0.4, 0.5) is 0 Å². The Kier molecular flexibility index (Phi) is 4.28. The zero-order chi connectivity index (χ0) is 12.2. The summed E-state index contributed by atoms with van der Waals surface area (Å²) < 4.78 is 4.59. The number of ether oxygens (including phenoxy) is 1. The summed E-state index contributed by atoms with van der Waals surface area (Å²) in [6.07, 6.45) is 1.71. The first-order chi connectivity index (χ1) is 6.75. The third kappa shape index (κ3) is 3.24. The largest absolute Gasteiger partial charge is 0.467 e. The van der Waals surface area contributed by atoms with Crippen molar-refractivity contribution in [2.75, 3.05) is 7.11 Å². The Morgan fingerprint density at radius 3 is 2.07 bits per heavy atom. The Morgan fingerprint density at radius 1 is 1.40 bits per heavy atom. The van der Waals surface area contributed by atoms with Gasteiger partial charge in [-0.15, -0.1) is 0 Å². The molecule has 0 N–H and O–H groups in total. The van der Waals surface area contributed by atoms with Crippen LogP contribution in [0.2, 0.25) is 0 Å². The van der Waals surface area contributed by atoms with Crippen LogP contribution in [0.3, 0.4) is 0 Å². The summed E-state index contributed by atoms with van der Waals surface area (Å²) in [7, 11) is 1.23. The highest BCUT2D eigenvalue weighted by Crippen LogP contribution is 2.25. The minimum atomic E-state index is -0.884. The third-order valence-corrected chi connectivity index (χ3v) is 1.95. The molecule has 0 radical (unpaired) electrons. The van der Waals surface area contributed by atoms with Crippen molar-refractivity contribution < 1.29 is 14.3 Å². The molecule has 0 aliphatic heterocycles. The Bertz CT molecular complexity index is 299. The van der Waals surface area contributed by atoms with Crippen LogP contribution in [-0.4, -0.2) is 29.9 Å². The lowest BCUT2D eigenvalue weighted by atomic mass is 9.85. The maximum atomic E-state index is 11.5. The minimum Gasteiger partial charge on any atom is -0.467 e. The fourth-order valence-electron chi connectivity index (χ4n) is 1.27. The number of nitrogens with zero attached hydrogens (tertiary/aromatic N) is 2. The number of amides is 1. The normalized spacial score (nSPS) is 12.5. The van der Waals surface area contributed by atoms with E-state index in [0.29, 0.717) is 0 Å². The van der Waals surface area contributed by atoms with Gasteiger partial charge in [-0.2, -0.15) is 5.26 Å². The predicted molar refractivity (Wildman–Crippen MR) is 53.4 cm³/mol. The highest BCUT2D eigenvalue weighted by atomic mass is 16.5. The number of rotatable bonds is 2. The quantitative estimate of drug-likeness (QED) is 0.387. The van der Waals surface area contributed by atoms with Crippen molar-refractivity contribution in [1.82, 2.24) is 4.90 Å². The van der Waals surface area contributed by atoms with Gasteiger partial charge in [0, 0.05) is 6.92 Å². The smallest absolute Gasteiger partial charge is 0.330 e. The highest BCUT2D eigenvalue weighted by Gasteiger charge is 2.39. The molecule has 0 aromatic heterocycles. The van der Waals surface area contributed by atoms with Crippen LogP contribution in [0.5, 0.6) is 0 Å². The molecule has 1 unspecified atom stereocenters. The molecule has 84 valence electrons. The average molecular weight is 212 g/mol. The molecule has 1 atom stereocenters. The summed E-state index contributed by atoms with van der Waals surface area (Å²) in [4.78, 5) is 23.5. The van der Waals surface area contributed by atoms with E-state index in [1.165, 1.54) is 14.0 Å². The van der Waals surface area contributed by atoms with E-state index in [1.807, 2.05) is 0 Å². The van der Waals surface area contributed by atoms with Crippen LogP contribution in [-0.2, 0) is 14.3 Å². The molecular formula is C10H16N2O3. The molecule has 0 aliphatic rings. The molecule has 0 aromatic rings. The molecule has 0 saturated heterocycles. The highest BCUT2D eigenvalue weighted by molar-refractivity contribution is 5.85. The first kappa shape index (κ1) is 13.4. The van der Waals surface area contributed by atoms with Gasteiger partial charge in [-0.1, -0.05) is 20.8 Å². The summed E-state index contributed by atoms with van der Waals surface area (Å²) in [5.41, 5.74) is -0.547. The lowest BCUT2D eigenvalue weighted by molar-refractivity contribution is -0.154. The fourth-order valence-corrected chi connectivity index (χ4v) is 1.27. The Morgan fingerprint density at radius 2 is 1.87 bits per heavy atom. The van der Waals surface area contributed by atoms with E-state index in [4.69, 9.17) is 5.26 Å². The molecule has 0 spiro atoms. The molecule has 0 aromatic carbocycles. The number of methoxy groups -OCH3 is 1. The number of carbonyl (C=O) groups excluding carboxylic acids is 2. The third-order valence-electron chi connectivity index (χ3n) is 1.95. The van der Waals surface area contributed by atoms with Crippen molar-refractivity contribution in [1.29, 1.82) is 5.26 Å².